The van der Waals surface area contributed by atoms with Crippen molar-refractivity contribution < 1.29 is 0 Å². The minimum Gasteiger partial charge on any atom is -0.383 e. The van der Waals surface area contributed by atoms with E-state index in [0.717, 1.165) is 16.8 Å². The van der Waals surface area contributed by atoms with Gasteiger partial charge < -0.3 is 9.88 Å². The molecule has 5 nitrogen and oxygen atoms in total. The second-order valence-electron chi connectivity index (χ2n) is 4.92. The summed E-state index contributed by atoms with van der Waals surface area (Å²) in [4.78, 5) is 20.6. The van der Waals surface area contributed by atoms with Crippen molar-refractivity contribution in [3.63, 3.8) is 0 Å². The summed E-state index contributed by atoms with van der Waals surface area (Å²) in [6.07, 6.45) is 5.36. The number of aromatic nitrogens is 2. The third-order valence-corrected chi connectivity index (χ3v) is 2.94. The molecule has 0 aliphatic rings. The van der Waals surface area contributed by atoms with Crippen LogP contribution in [0.1, 0.15) is 17.0 Å². The molecule has 2 aromatic heterocycles. The van der Waals surface area contributed by atoms with E-state index in [-0.39, 0.29) is 11.1 Å². The molecule has 106 valence electrons. The van der Waals surface area contributed by atoms with Gasteiger partial charge in [-0.05, 0) is 36.8 Å². The number of hydrogen-bond donors (Lipinski definition) is 1. The molecule has 1 N–H and O–H groups in total. The number of aryl methyl sites for hydroxylation is 1. The van der Waals surface area contributed by atoms with Crippen molar-refractivity contribution in [3.05, 3.63) is 57.9 Å². The van der Waals surface area contributed by atoms with Crippen LogP contribution in [-0.4, -0.2) is 29.0 Å². The average molecular weight is 280 g/mol. The summed E-state index contributed by atoms with van der Waals surface area (Å²) in [7, 11) is 3.79. The van der Waals surface area contributed by atoms with Gasteiger partial charge in [-0.15, -0.1) is 0 Å². The number of nitrogens with zero attached hydrogens (tertiary/aromatic N) is 3. The first-order chi connectivity index (χ1) is 10.0. The highest BCUT2D eigenvalue weighted by molar-refractivity contribution is 5.74. The van der Waals surface area contributed by atoms with E-state index in [0.29, 0.717) is 5.69 Å². The summed E-state index contributed by atoms with van der Waals surface area (Å²) >= 11 is 0. The number of nitrogens with one attached hydrogen (secondary N) is 1. The largest absolute Gasteiger partial charge is 0.383 e. The second kappa shape index (κ2) is 6.06. The Bertz CT molecular complexity index is 782. The third-order valence-electron chi connectivity index (χ3n) is 2.94. The van der Waals surface area contributed by atoms with Gasteiger partial charge in [0, 0.05) is 37.7 Å². The first-order valence-corrected chi connectivity index (χ1v) is 6.46. The van der Waals surface area contributed by atoms with Gasteiger partial charge in [-0.3, -0.25) is 9.78 Å². The van der Waals surface area contributed by atoms with E-state index in [1.807, 2.05) is 56.4 Å². The normalized spacial score (nSPS) is 10.6. The van der Waals surface area contributed by atoms with Gasteiger partial charge in [0.1, 0.15) is 11.6 Å². The number of rotatable bonds is 3. The lowest BCUT2D eigenvalue weighted by Gasteiger charge is -2.09. The van der Waals surface area contributed by atoms with E-state index >= 15 is 0 Å². The first-order valence-electron chi connectivity index (χ1n) is 6.46. The molecule has 0 saturated heterocycles. The van der Waals surface area contributed by atoms with Crippen molar-refractivity contribution >= 4 is 6.08 Å². The van der Waals surface area contributed by atoms with Crippen LogP contribution in [0, 0.1) is 18.3 Å². The Balaban J connectivity index is 2.67. The lowest BCUT2D eigenvalue weighted by atomic mass is 10.0. The highest BCUT2D eigenvalue weighted by atomic mass is 16.1. The van der Waals surface area contributed by atoms with E-state index in [9.17, 15) is 4.79 Å². The molecule has 0 aliphatic heterocycles. The Hall–Kier alpha value is -2.87. The van der Waals surface area contributed by atoms with Gasteiger partial charge in [0.2, 0.25) is 0 Å². The summed E-state index contributed by atoms with van der Waals surface area (Å²) in [5, 5.41) is 9.04. The maximum atomic E-state index is 11.8. The van der Waals surface area contributed by atoms with Crippen LogP contribution in [0.25, 0.3) is 17.2 Å². The highest BCUT2D eigenvalue weighted by Gasteiger charge is 2.09. The molecule has 0 saturated carbocycles. The van der Waals surface area contributed by atoms with Gasteiger partial charge in [0.05, 0.1) is 5.69 Å². The minimum absolute atomic E-state index is 0.0986. The topological polar surface area (TPSA) is 72.8 Å². The summed E-state index contributed by atoms with van der Waals surface area (Å²) in [6, 6.07) is 7.31. The Morgan fingerprint density at radius 2 is 2.14 bits per heavy atom. The Morgan fingerprint density at radius 3 is 2.76 bits per heavy atom. The minimum atomic E-state index is -0.384. The van der Waals surface area contributed by atoms with Crippen LogP contribution in [0.2, 0.25) is 0 Å². The van der Waals surface area contributed by atoms with E-state index in [1.54, 1.807) is 12.3 Å². The smallest absolute Gasteiger partial charge is 0.266 e. The van der Waals surface area contributed by atoms with Gasteiger partial charge in [0.25, 0.3) is 5.56 Å². The molecule has 0 aromatic carbocycles. The lowest BCUT2D eigenvalue weighted by Crippen LogP contribution is -2.12. The maximum absolute atomic E-state index is 11.8. The number of nitriles is 1. The molecule has 0 atom stereocenters. The number of pyridine rings is 2. The van der Waals surface area contributed by atoms with Crippen LogP contribution < -0.4 is 5.56 Å². The van der Waals surface area contributed by atoms with Crippen molar-refractivity contribution in [2.45, 2.75) is 6.92 Å². The molecule has 0 aliphatic carbocycles. The molecule has 0 radical (unpaired) electrons. The standard InChI is InChI=1S/C16H16N4O/c1-11-8-12(4-6-18-11)14-9-13(10-17)16(21)19-15(14)5-7-20(2)3/h4-9H,1-3H3,(H,19,21). The zero-order chi connectivity index (χ0) is 15.4. The maximum Gasteiger partial charge on any atom is 0.266 e. The Labute approximate surface area is 123 Å². The predicted octanol–water partition coefficient (Wildman–Crippen LogP) is 2.15. The molecule has 0 fully saturated rings. The quantitative estimate of drug-likeness (QED) is 0.935. The van der Waals surface area contributed by atoms with E-state index in [2.05, 4.69) is 9.97 Å². The molecular formula is C16H16N4O. The van der Waals surface area contributed by atoms with Crippen LogP contribution in [0.4, 0.5) is 0 Å². The monoisotopic (exact) mass is 280 g/mol. The van der Waals surface area contributed by atoms with Gasteiger partial charge >= 0.3 is 0 Å². The predicted molar refractivity (Wildman–Crippen MR) is 82.5 cm³/mol. The third kappa shape index (κ3) is 3.37. The van der Waals surface area contributed by atoms with Gasteiger partial charge in [-0.1, -0.05) is 0 Å². The molecule has 0 unspecified atom stereocenters. The SMILES string of the molecule is Cc1cc(-c2cc(C#N)c(=O)[nH]c2C=CN(C)C)ccn1. The van der Waals surface area contributed by atoms with Gasteiger partial charge in [-0.25, -0.2) is 0 Å². The average Bonchev–Trinajstić information content (AvgIpc) is 2.45. The molecule has 5 heteroatoms. The zero-order valence-electron chi connectivity index (χ0n) is 12.2. The summed E-state index contributed by atoms with van der Waals surface area (Å²) < 4.78 is 0. The Morgan fingerprint density at radius 1 is 1.38 bits per heavy atom. The van der Waals surface area contributed by atoms with Crippen molar-refractivity contribution in [3.8, 4) is 17.2 Å². The fourth-order valence-corrected chi connectivity index (χ4v) is 1.93. The van der Waals surface area contributed by atoms with E-state index < -0.39 is 0 Å². The summed E-state index contributed by atoms with van der Waals surface area (Å²) in [5.74, 6) is 0. The van der Waals surface area contributed by atoms with Crippen molar-refractivity contribution in [2.24, 2.45) is 0 Å². The molecule has 2 aromatic rings. The molecular weight excluding hydrogens is 264 g/mol. The van der Waals surface area contributed by atoms with Crippen LogP contribution in [-0.2, 0) is 0 Å². The molecule has 0 spiro atoms. The fraction of sp³-hybridized carbons (Fsp3) is 0.188. The van der Waals surface area contributed by atoms with Gasteiger partial charge in [0.15, 0.2) is 0 Å². The van der Waals surface area contributed by atoms with Crippen LogP contribution in [0.5, 0.6) is 0 Å². The van der Waals surface area contributed by atoms with E-state index in [4.69, 9.17) is 5.26 Å². The van der Waals surface area contributed by atoms with Crippen molar-refractivity contribution in [2.75, 3.05) is 14.1 Å². The van der Waals surface area contributed by atoms with Crippen LogP contribution in [0.3, 0.4) is 0 Å². The number of aromatic amines is 1. The summed E-state index contributed by atoms with van der Waals surface area (Å²) in [6.45, 7) is 1.90. The molecule has 2 rings (SSSR count). The van der Waals surface area contributed by atoms with Gasteiger partial charge in [-0.2, -0.15) is 5.26 Å². The van der Waals surface area contributed by atoms with Crippen LogP contribution in [0.15, 0.2) is 35.4 Å². The van der Waals surface area contributed by atoms with Crippen LogP contribution >= 0.6 is 0 Å². The fourth-order valence-electron chi connectivity index (χ4n) is 1.93. The number of H-pyrrole nitrogens is 1. The molecule has 0 amide bonds. The highest BCUT2D eigenvalue weighted by Crippen LogP contribution is 2.23. The molecule has 0 bridgehead atoms. The first kappa shape index (κ1) is 14.5. The zero-order valence-corrected chi connectivity index (χ0v) is 12.2. The number of hydrogen-bond acceptors (Lipinski definition) is 4. The van der Waals surface area contributed by atoms with Crippen molar-refractivity contribution in [1.82, 2.24) is 14.9 Å². The lowest BCUT2D eigenvalue weighted by molar-refractivity contribution is 0.567. The molecule has 2 heterocycles. The second-order valence-corrected chi connectivity index (χ2v) is 4.92. The summed E-state index contributed by atoms with van der Waals surface area (Å²) in [5.41, 5.74) is 2.97. The Kier molecular flexibility index (Phi) is 4.19. The van der Waals surface area contributed by atoms with E-state index in [1.165, 1.54) is 0 Å². The van der Waals surface area contributed by atoms with Crippen molar-refractivity contribution in [1.29, 1.82) is 5.26 Å². The molecule has 21 heavy (non-hydrogen) atoms.